The van der Waals surface area contributed by atoms with Crippen LogP contribution in [-0.2, 0) is 6.54 Å². The highest BCUT2D eigenvalue weighted by Gasteiger charge is 2.34. The van der Waals surface area contributed by atoms with Crippen molar-refractivity contribution in [3.05, 3.63) is 48.5 Å². The molecule has 2 aromatic rings. The minimum absolute atomic E-state index is 0.753. The Morgan fingerprint density at radius 3 is 2.78 bits per heavy atom. The molecule has 1 saturated carbocycles. The molecule has 18 heavy (non-hydrogen) atoms. The van der Waals surface area contributed by atoms with Crippen LogP contribution >= 0.6 is 0 Å². The zero-order chi connectivity index (χ0) is 12.4. The van der Waals surface area contributed by atoms with E-state index in [0.717, 1.165) is 24.2 Å². The SMILES string of the molecule is CCC1CC1NCc1ccc(-n2ccnc2)cc1. The fourth-order valence-corrected chi connectivity index (χ4v) is 2.40. The van der Waals surface area contributed by atoms with Crippen molar-refractivity contribution in [3.63, 3.8) is 0 Å². The Kier molecular flexibility index (Phi) is 3.15. The molecule has 1 aromatic carbocycles. The van der Waals surface area contributed by atoms with Crippen LogP contribution in [0.4, 0.5) is 0 Å². The molecule has 1 aromatic heterocycles. The van der Waals surface area contributed by atoms with Crippen molar-refractivity contribution in [1.82, 2.24) is 14.9 Å². The average molecular weight is 241 g/mol. The monoisotopic (exact) mass is 241 g/mol. The topological polar surface area (TPSA) is 29.9 Å². The summed E-state index contributed by atoms with van der Waals surface area (Å²) in [7, 11) is 0. The van der Waals surface area contributed by atoms with Crippen LogP contribution in [0.1, 0.15) is 25.3 Å². The summed E-state index contributed by atoms with van der Waals surface area (Å²) in [6, 6.07) is 9.41. The lowest BCUT2D eigenvalue weighted by Crippen LogP contribution is -2.17. The first kappa shape index (κ1) is 11.5. The molecule has 1 fully saturated rings. The van der Waals surface area contributed by atoms with E-state index in [1.807, 2.05) is 17.1 Å². The summed E-state index contributed by atoms with van der Waals surface area (Å²) in [5, 5.41) is 3.61. The third kappa shape index (κ3) is 2.46. The summed E-state index contributed by atoms with van der Waals surface area (Å²) >= 11 is 0. The van der Waals surface area contributed by atoms with Crippen molar-refractivity contribution < 1.29 is 0 Å². The van der Waals surface area contributed by atoms with E-state index >= 15 is 0 Å². The molecule has 0 spiro atoms. The maximum Gasteiger partial charge on any atom is 0.0991 e. The first-order valence-corrected chi connectivity index (χ1v) is 6.67. The molecule has 0 aliphatic heterocycles. The molecule has 2 atom stereocenters. The fraction of sp³-hybridized carbons (Fsp3) is 0.400. The number of nitrogens with zero attached hydrogens (tertiary/aromatic N) is 2. The molecule has 0 amide bonds. The molecular weight excluding hydrogens is 222 g/mol. The van der Waals surface area contributed by atoms with Gasteiger partial charge in [0.25, 0.3) is 0 Å². The van der Waals surface area contributed by atoms with E-state index < -0.39 is 0 Å². The Morgan fingerprint density at radius 2 is 2.17 bits per heavy atom. The number of nitrogens with one attached hydrogen (secondary N) is 1. The Labute approximate surface area is 108 Å². The molecule has 3 heteroatoms. The maximum atomic E-state index is 4.06. The summed E-state index contributed by atoms with van der Waals surface area (Å²) in [5.41, 5.74) is 2.51. The summed E-state index contributed by atoms with van der Waals surface area (Å²) in [6.07, 6.45) is 8.24. The number of hydrogen-bond acceptors (Lipinski definition) is 2. The van der Waals surface area contributed by atoms with Gasteiger partial charge in [0, 0.05) is 30.7 Å². The van der Waals surface area contributed by atoms with E-state index in [2.05, 4.69) is 41.5 Å². The molecule has 0 radical (unpaired) electrons. The van der Waals surface area contributed by atoms with Crippen LogP contribution < -0.4 is 5.32 Å². The zero-order valence-corrected chi connectivity index (χ0v) is 10.7. The highest BCUT2D eigenvalue weighted by atomic mass is 15.0. The lowest BCUT2D eigenvalue weighted by atomic mass is 10.2. The molecule has 1 aliphatic carbocycles. The standard InChI is InChI=1S/C15H19N3/c1-2-13-9-15(13)17-10-12-3-5-14(6-4-12)18-8-7-16-11-18/h3-8,11,13,15,17H,2,9-10H2,1H3. The Balaban J connectivity index is 1.58. The number of imidazole rings is 1. The van der Waals surface area contributed by atoms with E-state index in [-0.39, 0.29) is 0 Å². The summed E-state index contributed by atoms with van der Waals surface area (Å²) < 4.78 is 2.02. The number of aromatic nitrogens is 2. The summed E-state index contributed by atoms with van der Waals surface area (Å²) in [6.45, 7) is 3.25. The van der Waals surface area contributed by atoms with E-state index in [9.17, 15) is 0 Å². The van der Waals surface area contributed by atoms with Gasteiger partial charge in [0.1, 0.15) is 0 Å². The van der Waals surface area contributed by atoms with Gasteiger partial charge in [-0.05, 0) is 30.0 Å². The van der Waals surface area contributed by atoms with Gasteiger partial charge in [0.2, 0.25) is 0 Å². The van der Waals surface area contributed by atoms with Gasteiger partial charge in [0.15, 0.2) is 0 Å². The second-order valence-electron chi connectivity index (χ2n) is 5.03. The number of hydrogen-bond donors (Lipinski definition) is 1. The molecular formula is C15H19N3. The molecule has 0 bridgehead atoms. The molecule has 3 nitrogen and oxygen atoms in total. The van der Waals surface area contributed by atoms with Gasteiger partial charge in [-0.15, -0.1) is 0 Å². The van der Waals surface area contributed by atoms with Gasteiger partial charge in [-0.1, -0.05) is 25.5 Å². The largest absolute Gasteiger partial charge is 0.310 e. The molecule has 2 unspecified atom stereocenters. The third-order valence-corrected chi connectivity index (χ3v) is 3.75. The molecule has 0 saturated heterocycles. The normalized spacial score (nSPS) is 22.1. The van der Waals surface area contributed by atoms with Crippen LogP contribution in [0.3, 0.4) is 0 Å². The predicted octanol–water partition coefficient (Wildman–Crippen LogP) is 2.76. The van der Waals surface area contributed by atoms with E-state index in [4.69, 9.17) is 0 Å². The highest BCUT2D eigenvalue weighted by molar-refractivity contribution is 5.34. The van der Waals surface area contributed by atoms with E-state index in [1.165, 1.54) is 18.4 Å². The van der Waals surface area contributed by atoms with Gasteiger partial charge < -0.3 is 9.88 Å². The Morgan fingerprint density at radius 1 is 1.33 bits per heavy atom. The van der Waals surface area contributed by atoms with Gasteiger partial charge >= 0.3 is 0 Å². The third-order valence-electron chi connectivity index (χ3n) is 3.75. The van der Waals surface area contributed by atoms with Crippen LogP contribution in [0.5, 0.6) is 0 Å². The smallest absolute Gasteiger partial charge is 0.0991 e. The minimum atomic E-state index is 0.753. The van der Waals surface area contributed by atoms with Crippen molar-refractivity contribution in [2.75, 3.05) is 0 Å². The lowest BCUT2D eigenvalue weighted by molar-refractivity contribution is 0.623. The second kappa shape index (κ2) is 4.94. The number of rotatable bonds is 5. The summed E-state index contributed by atoms with van der Waals surface area (Å²) in [5.74, 6) is 0.912. The van der Waals surface area contributed by atoms with Gasteiger partial charge in [-0.2, -0.15) is 0 Å². The van der Waals surface area contributed by atoms with Crippen molar-refractivity contribution >= 4 is 0 Å². The van der Waals surface area contributed by atoms with Crippen molar-refractivity contribution in [2.24, 2.45) is 5.92 Å². The Bertz CT molecular complexity index is 487. The number of benzene rings is 1. The quantitative estimate of drug-likeness (QED) is 0.872. The molecule has 1 aliphatic rings. The molecule has 1 heterocycles. The van der Waals surface area contributed by atoms with Gasteiger partial charge in [-0.25, -0.2) is 4.98 Å². The predicted molar refractivity (Wildman–Crippen MR) is 72.6 cm³/mol. The average Bonchev–Trinajstić information content (AvgIpc) is 2.96. The molecule has 3 rings (SSSR count). The van der Waals surface area contributed by atoms with Gasteiger partial charge in [0.05, 0.1) is 6.33 Å². The van der Waals surface area contributed by atoms with Crippen LogP contribution in [0.25, 0.3) is 5.69 Å². The van der Waals surface area contributed by atoms with Gasteiger partial charge in [-0.3, -0.25) is 0 Å². The van der Waals surface area contributed by atoms with E-state index in [0.29, 0.717) is 0 Å². The first-order chi connectivity index (χ1) is 8.86. The van der Waals surface area contributed by atoms with Crippen LogP contribution in [0.15, 0.2) is 43.0 Å². The first-order valence-electron chi connectivity index (χ1n) is 6.67. The summed E-state index contributed by atoms with van der Waals surface area (Å²) in [4.78, 5) is 4.06. The van der Waals surface area contributed by atoms with Crippen LogP contribution in [-0.4, -0.2) is 15.6 Å². The lowest BCUT2D eigenvalue weighted by Gasteiger charge is -2.06. The van der Waals surface area contributed by atoms with Crippen LogP contribution in [0.2, 0.25) is 0 Å². The highest BCUT2D eigenvalue weighted by Crippen LogP contribution is 2.33. The second-order valence-corrected chi connectivity index (χ2v) is 5.03. The van der Waals surface area contributed by atoms with Crippen molar-refractivity contribution in [3.8, 4) is 5.69 Å². The Hall–Kier alpha value is -1.61. The minimum Gasteiger partial charge on any atom is -0.310 e. The van der Waals surface area contributed by atoms with Crippen molar-refractivity contribution in [2.45, 2.75) is 32.4 Å². The molecule has 1 N–H and O–H groups in total. The fourth-order valence-electron chi connectivity index (χ4n) is 2.40. The van der Waals surface area contributed by atoms with Crippen molar-refractivity contribution in [1.29, 1.82) is 0 Å². The zero-order valence-electron chi connectivity index (χ0n) is 10.7. The molecule has 94 valence electrons. The maximum absolute atomic E-state index is 4.06. The van der Waals surface area contributed by atoms with E-state index in [1.54, 1.807) is 6.20 Å². The van der Waals surface area contributed by atoms with Crippen LogP contribution in [0, 0.1) is 5.92 Å².